The zero-order chi connectivity index (χ0) is 13.6. The Kier molecular flexibility index (Phi) is 3.05. The average molecular weight is 263 g/mol. The molecule has 3 heteroatoms. The van der Waals surface area contributed by atoms with Gasteiger partial charge in [0.2, 0.25) is 0 Å². The lowest BCUT2D eigenvalue weighted by Gasteiger charge is -2.32. The molecular formula is C16H22FNO. The summed E-state index contributed by atoms with van der Waals surface area (Å²) >= 11 is 0. The van der Waals surface area contributed by atoms with E-state index in [0.29, 0.717) is 6.04 Å². The molecule has 19 heavy (non-hydrogen) atoms. The molecule has 1 saturated heterocycles. The van der Waals surface area contributed by atoms with Crippen molar-refractivity contribution in [1.82, 2.24) is 4.90 Å². The molecule has 3 rings (SSSR count). The van der Waals surface area contributed by atoms with Crippen molar-refractivity contribution >= 4 is 0 Å². The normalized spacial score (nSPS) is 30.8. The van der Waals surface area contributed by atoms with Gasteiger partial charge in [0.15, 0.2) is 11.6 Å². The maximum atomic E-state index is 13.6. The predicted molar refractivity (Wildman–Crippen MR) is 74.0 cm³/mol. The van der Waals surface area contributed by atoms with Crippen LogP contribution in [0.2, 0.25) is 0 Å². The number of nitrogens with zero attached hydrogens (tertiary/aromatic N) is 1. The molecule has 2 nitrogen and oxygen atoms in total. The number of benzene rings is 1. The Balaban J connectivity index is 1.93. The lowest BCUT2D eigenvalue weighted by atomic mass is 9.77. The molecule has 1 aliphatic heterocycles. The Labute approximate surface area is 114 Å². The van der Waals surface area contributed by atoms with E-state index in [1.54, 1.807) is 0 Å². The van der Waals surface area contributed by atoms with Crippen molar-refractivity contribution in [3.63, 3.8) is 0 Å². The number of fused-ring (bicyclic) bond motifs is 1. The minimum atomic E-state index is -0.480. The molecule has 0 amide bonds. The van der Waals surface area contributed by atoms with Crippen molar-refractivity contribution < 1.29 is 9.50 Å². The lowest BCUT2D eigenvalue weighted by Crippen LogP contribution is -2.33. The van der Waals surface area contributed by atoms with E-state index in [4.69, 9.17) is 0 Å². The van der Waals surface area contributed by atoms with Crippen LogP contribution < -0.4 is 0 Å². The third kappa shape index (κ3) is 2.04. The second-order valence-corrected chi connectivity index (χ2v) is 6.47. The minimum Gasteiger partial charge on any atom is -0.505 e. The topological polar surface area (TPSA) is 23.5 Å². The van der Waals surface area contributed by atoms with Gasteiger partial charge in [-0.15, -0.1) is 0 Å². The Bertz CT molecular complexity index is 502. The van der Waals surface area contributed by atoms with Gasteiger partial charge in [0.05, 0.1) is 0 Å². The van der Waals surface area contributed by atoms with Crippen LogP contribution in [0.25, 0.3) is 0 Å². The lowest BCUT2D eigenvalue weighted by molar-refractivity contribution is 0.242. The van der Waals surface area contributed by atoms with Gasteiger partial charge in [0.25, 0.3) is 0 Å². The third-order valence-corrected chi connectivity index (χ3v) is 5.12. The summed E-state index contributed by atoms with van der Waals surface area (Å²) in [4.78, 5) is 2.40. The molecule has 1 aromatic carbocycles. The number of phenolic OH excluding ortho intramolecular Hbond substituents is 1. The number of rotatable bonds is 2. The third-order valence-electron chi connectivity index (χ3n) is 5.12. The number of hydrogen-bond donors (Lipinski definition) is 1. The zero-order valence-corrected chi connectivity index (χ0v) is 11.7. The van der Waals surface area contributed by atoms with Crippen molar-refractivity contribution in [1.29, 1.82) is 0 Å². The van der Waals surface area contributed by atoms with Gasteiger partial charge in [-0.3, -0.25) is 0 Å². The number of aromatic hydroxyl groups is 1. The molecule has 1 aromatic rings. The molecular weight excluding hydrogens is 241 g/mol. The molecule has 0 unspecified atom stereocenters. The first-order valence-electron chi connectivity index (χ1n) is 7.22. The van der Waals surface area contributed by atoms with Crippen LogP contribution in [0.5, 0.6) is 5.75 Å². The van der Waals surface area contributed by atoms with Crippen LogP contribution in [0.3, 0.4) is 0 Å². The highest BCUT2D eigenvalue weighted by Gasteiger charge is 2.40. The van der Waals surface area contributed by atoms with Crippen molar-refractivity contribution in [3.05, 3.63) is 29.1 Å². The number of aryl methyl sites for hydroxylation is 1. The fraction of sp³-hybridized carbons (Fsp3) is 0.625. The first kappa shape index (κ1) is 12.9. The Morgan fingerprint density at radius 2 is 2.26 bits per heavy atom. The Hall–Kier alpha value is -1.09. The Morgan fingerprint density at radius 1 is 1.47 bits per heavy atom. The standard InChI is InChI=1S/C16H22FNO/c1-16(10-12-4-3-9-18(12)2)8-7-11-5-6-13(17)15(19)14(11)16/h5-6,12,19H,3-4,7-10H2,1-2H3/t12-,16+/m1/s1. The SMILES string of the molecule is CN1CCC[C@@H]1C[C@]1(C)CCc2ccc(F)c(O)c21. The summed E-state index contributed by atoms with van der Waals surface area (Å²) in [6, 6.07) is 3.80. The quantitative estimate of drug-likeness (QED) is 0.885. The van der Waals surface area contributed by atoms with Gasteiger partial charge in [-0.1, -0.05) is 13.0 Å². The number of phenols is 1. The highest BCUT2D eigenvalue weighted by Crippen LogP contribution is 2.48. The number of likely N-dealkylation sites (tertiary alicyclic amines) is 1. The fourth-order valence-corrected chi connectivity index (χ4v) is 3.99. The van der Waals surface area contributed by atoms with Crippen molar-refractivity contribution in [3.8, 4) is 5.75 Å². The summed E-state index contributed by atoms with van der Waals surface area (Å²) in [6.45, 7) is 3.34. The van der Waals surface area contributed by atoms with Crippen LogP contribution in [-0.4, -0.2) is 29.6 Å². The van der Waals surface area contributed by atoms with E-state index >= 15 is 0 Å². The summed E-state index contributed by atoms with van der Waals surface area (Å²) in [5.41, 5.74) is 1.92. The van der Waals surface area contributed by atoms with E-state index in [9.17, 15) is 9.50 Å². The van der Waals surface area contributed by atoms with Crippen LogP contribution in [0.4, 0.5) is 4.39 Å². The van der Waals surface area contributed by atoms with Gasteiger partial charge < -0.3 is 10.0 Å². The molecule has 1 aliphatic carbocycles. The van der Waals surface area contributed by atoms with Gasteiger partial charge in [0.1, 0.15) is 0 Å². The van der Waals surface area contributed by atoms with Crippen LogP contribution in [-0.2, 0) is 11.8 Å². The molecule has 0 bridgehead atoms. The maximum absolute atomic E-state index is 13.6. The van der Waals surface area contributed by atoms with E-state index < -0.39 is 5.82 Å². The molecule has 0 aromatic heterocycles. The van der Waals surface area contributed by atoms with Crippen LogP contribution >= 0.6 is 0 Å². The maximum Gasteiger partial charge on any atom is 0.165 e. The van der Waals surface area contributed by atoms with Crippen molar-refractivity contribution in [2.24, 2.45) is 0 Å². The van der Waals surface area contributed by atoms with Gasteiger partial charge in [0, 0.05) is 11.6 Å². The van der Waals surface area contributed by atoms with E-state index in [-0.39, 0.29) is 11.2 Å². The van der Waals surface area contributed by atoms with Crippen LogP contribution in [0.1, 0.15) is 43.7 Å². The van der Waals surface area contributed by atoms with Gasteiger partial charge in [-0.25, -0.2) is 4.39 Å². The summed E-state index contributed by atoms with van der Waals surface area (Å²) in [7, 11) is 2.17. The van der Waals surface area contributed by atoms with Crippen molar-refractivity contribution in [2.75, 3.05) is 13.6 Å². The summed E-state index contributed by atoms with van der Waals surface area (Å²) in [5.74, 6) is -0.593. The highest BCUT2D eigenvalue weighted by molar-refractivity contribution is 5.49. The summed E-state index contributed by atoms with van der Waals surface area (Å²) in [5, 5.41) is 10.1. The monoisotopic (exact) mass is 263 g/mol. The molecule has 0 radical (unpaired) electrons. The minimum absolute atomic E-state index is 0.0786. The molecule has 0 spiro atoms. The fourth-order valence-electron chi connectivity index (χ4n) is 3.99. The van der Waals surface area contributed by atoms with E-state index in [1.165, 1.54) is 18.9 Å². The second kappa shape index (κ2) is 4.48. The first-order chi connectivity index (χ1) is 9.01. The van der Waals surface area contributed by atoms with Gasteiger partial charge in [-0.05, 0) is 62.7 Å². The predicted octanol–water partition coefficient (Wildman–Crippen LogP) is 3.22. The van der Waals surface area contributed by atoms with Gasteiger partial charge in [-0.2, -0.15) is 0 Å². The largest absolute Gasteiger partial charge is 0.505 e. The first-order valence-corrected chi connectivity index (χ1v) is 7.22. The van der Waals surface area contributed by atoms with Crippen LogP contribution in [0, 0.1) is 5.82 Å². The number of hydrogen-bond acceptors (Lipinski definition) is 2. The van der Waals surface area contributed by atoms with E-state index in [2.05, 4.69) is 18.9 Å². The molecule has 104 valence electrons. The zero-order valence-electron chi connectivity index (χ0n) is 11.7. The van der Waals surface area contributed by atoms with Crippen LogP contribution in [0.15, 0.2) is 12.1 Å². The van der Waals surface area contributed by atoms with Crippen molar-refractivity contribution in [2.45, 2.75) is 50.5 Å². The second-order valence-electron chi connectivity index (χ2n) is 6.47. The summed E-state index contributed by atoms with van der Waals surface area (Å²) in [6.07, 6.45) is 5.46. The molecule has 0 saturated carbocycles. The molecule has 1 heterocycles. The molecule has 1 N–H and O–H groups in total. The smallest absolute Gasteiger partial charge is 0.165 e. The van der Waals surface area contributed by atoms with Gasteiger partial charge >= 0.3 is 0 Å². The Morgan fingerprint density at radius 3 is 2.95 bits per heavy atom. The molecule has 2 atom stereocenters. The molecule has 1 fully saturated rings. The molecule has 2 aliphatic rings. The highest BCUT2D eigenvalue weighted by atomic mass is 19.1. The van der Waals surface area contributed by atoms with E-state index in [0.717, 1.165) is 36.9 Å². The van der Waals surface area contributed by atoms with E-state index in [1.807, 2.05) is 6.07 Å². The number of halogens is 1. The summed E-state index contributed by atoms with van der Waals surface area (Å²) < 4.78 is 13.6. The average Bonchev–Trinajstić information content (AvgIpc) is 2.90.